The molecule has 1 atom stereocenters. The standard InChI is InChI=1S/C18H18N2O5/c21-16(19-11-14-6-3-9-25-14)15-7-2-8-20(15)17(22)12-4-1-5-13(10-12)18(23)24/h1,3-6,9-10,15H,2,7-8,11H2,(H,19,21)(H,23,24). The Bertz CT molecular complexity index is 785. The van der Waals surface area contributed by atoms with Crippen LogP contribution in [0.2, 0.25) is 0 Å². The molecule has 1 unspecified atom stereocenters. The average molecular weight is 342 g/mol. The third-order valence-electron chi connectivity index (χ3n) is 4.19. The van der Waals surface area contributed by atoms with Crippen molar-refractivity contribution in [1.29, 1.82) is 0 Å². The number of carboxylic acid groups (broad SMARTS) is 1. The summed E-state index contributed by atoms with van der Waals surface area (Å²) in [6, 6.07) is 8.79. The van der Waals surface area contributed by atoms with Gasteiger partial charge in [0.05, 0.1) is 18.4 Å². The van der Waals surface area contributed by atoms with Crippen molar-refractivity contribution in [2.75, 3.05) is 6.54 Å². The van der Waals surface area contributed by atoms with Crippen molar-refractivity contribution in [2.24, 2.45) is 0 Å². The number of benzene rings is 1. The molecule has 2 N–H and O–H groups in total. The average Bonchev–Trinajstić information content (AvgIpc) is 3.30. The molecule has 7 nitrogen and oxygen atoms in total. The molecule has 25 heavy (non-hydrogen) atoms. The van der Waals surface area contributed by atoms with Gasteiger partial charge in [0.2, 0.25) is 5.91 Å². The zero-order chi connectivity index (χ0) is 17.8. The van der Waals surface area contributed by atoms with Gasteiger partial charge in [-0.3, -0.25) is 9.59 Å². The van der Waals surface area contributed by atoms with E-state index in [4.69, 9.17) is 9.52 Å². The van der Waals surface area contributed by atoms with Crippen LogP contribution in [-0.4, -0.2) is 40.4 Å². The van der Waals surface area contributed by atoms with E-state index in [1.54, 1.807) is 18.2 Å². The highest BCUT2D eigenvalue weighted by atomic mass is 16.4. The van der Waals surface area contributed by atoms with Crippen molar-refractivity contribution < 1.29 is 23.9 Å². The first kappa shape index (κ1) is 16.8. The van der Waals surface area contributed by atoms with Gasteiger partial charge in [-0.15, -0.1) is 0 Å². The van der Waals surface area contributed by atoms with Crippen LogP contribution in [0.1, 0.15) is 39.3 Å². The lowest BCUT2D eigenvalue weighted by atomic mass is 10.1. The number of carbonyl (C=O) groups excluding carboxylic acids is 2. The number of amides is 2. The Morgan fingerprint density at radius 2 is 2.00 bits per heavy atom. The number of nitrogens with zero attached hydrogens (tertiary/aromatic N) is 1. The van der Waals surface area contributed by atoms with Gasteiger partial charge < -0.3 is 19.7 Å². The summed E-state index contributed by atoms with van der Waals surface area (Å²) in [7, 11) is 0. The first-order valence-electron chi connectivity index (χ1n) is 8.00. The van der Waals surface area contributed by atoms with Crippen LogP contribution in [-0.2, 0) is 11.3 Å². The molecule has 1 saturated heterocycles. The molecule has 0 aliphatic carbocycles. The fourth-order valence-electron chi connectivity index (χ4n) is 2.94. The quantitative estimate of drug-likeness (QED) is 0.864. The maximum absolute atomic E-state index is 12.7. The van der Waals surface area contributed by atoms with Crippen LogP contribution < -0.4 is 5.32 Å². The molecule has 0 bridgehead atoms. The number of hydrogen-bond donors (Lipinski definition) is 2. The van der Waals surface area contributed by atoms with Gasteiger partial charge in [0.1, 0.15) is 11.8 Å². The van der Waals surface area contributed by atoms with Crippen molar-refractivity contribution in [3.63, 3.8) is 0 Å². The molecular formula is C18H18N2O5. The van der Waals surface area contributed by atoms with Crippen LogP contribution in [0.3, 0.4) is 0 Å². The van der Waals surface area contributed by atoms with E-state index in [-0.39, 0.29) is 29.5 Å². The number of likely N-dealkylation sites (tertiary alicyclic amines) is 1. The zero-order valence-corrected chi connectivity index (χ0v) is 13.5. The van der Waals surface area contributed by atoms with Crippen molar-refractivity contribution in [3.8, 4) is 0 Å². The molecule has 130 valence electrons. The van der Waals surface area contributed by atoms with E-state index < -0.39 is 12.0 Å². The molecule has 2 heterocycles. The lowest BCUT2D eigenvalue weighted by Gasteiger charge is -2.24. The molecule has 7 heteroatoms. The number of aromatic carboxylic acids is 1. The minimum atomic E-state index is -1.09. The molecule has 1 aliphatic heterocycles. The molecule has 3 rings (SSSR count). The lowest BCUT2D eigenvalue weighted by Crippen LogP contribution is -2.45. The fraction of sp³-hybridized carbons (Fsp3) is 0.278. The Hall–Kier alpha value is -3.09. The minimum absolute atomic E-state index is 0.0452. The van der Waals surface area contributed by atoms with E-state index in [0.29, 0.717) is 18.7 Å². The first-order valence-corrected chi connectivity index (χ1v) is 8.00. The largest absolute Gasteiger partial charge is 0.478 e. The summed E-state index contributed by atoms with van der Waals surface area (Å²) >= 11 is 0. The van der Waals surface area contributed by atoms with Gasteiger partial charge in [-0.1, -0.05) is 6.07 Å². The monoisotopic (exact) mass is 342 g/mol. The Morgan fingerprint density at radius 1 is 1.20 bits per heavy atom. The number of carbonyl (C=O) groups is 3. The molecule has 0 saturated carbocycles. The van der Waals surface area contributed by atoms with Gasteiger partial charge in [-0.05, 0) is 43.2 Å². The molecule has 1 aromatic carbocycles. The van der Waals surface area contributed by atoms with Gasteiger partial charge in [0.15, 0.2) is 0 Å². The van der Waals surface area contributed by atoms with E-state index in [1.165, 1.54) is 29.4 Å². The smallest absolute Gasteiger partial charge is 0.335 e. The van der Waals surface area contributed by atoms with Crippen LogP contribution in [0.5, 0.6) is 0 Å². The molecule has 0 radical (unpaired) electrons. The fourth-order valence-corrected chi connectivity index (χ4v) is 2.94. The number of hydrogen-bond acceptors (Lipinski definition) is 4. The summed E-state index contributed by atoms with van der Waals surface area (Å²) in [5, 5.41) is 11.8. The molecular weight excluding hydrogens is 324 g/mol. The Balaban J connectivity index is 1.70. The summed E-state index contributed by atoms with van der Waals surface area (Å²) in [4.78, 5) is 37.7. The number of nitrogens with one attached hydrogen (secondary N) is 1. The van der Waals surface area contributed by atoms with E-state index in [2.05, 4.69) is 5.32 Å². The second-order valence-corrected chi connectivity index (χ2v) is 5.84. The van der Waals surface area contributed by atoms with Gasteiger partial charge in [-0.2, -0.15) is 0 Å². The first-order chi connectivity index (χ1) is 12.1. The van der Waals surface area contributed by atoms with E-state index in [1.807, 2.05) is 0 Å². The molecule has 2 amide bonds. The normalized spacial score (nSPS) is 16.6. The van der Waals surface area contributed by atoms with Crippen molar-refractivity contribution in [1.82, 2.24) is 10.2 Å². The highest BCUT2D eigenvalue weighted by molar-refractivity contribution is 6.00. The molecule has 1 aliphatic rings. The number of furan rings is 1. The van der Waals surface area contributed by atoms with Crippen LogP contribution in [0.25, 0.3) is 0 Å². The molecule has 0 spiro atoms. The van der Waals surface area contributed by atoms with Gasteiger partial charge in [0.25, 0.3) is 5.91 Å². The summed E-state index contributed by atoms with van der Waals surface area (Å²) < 4.78 is 5.17. The van der Waals surface area contributed by atoms with Crippen LogP contribution in [0.15, 0.2) is 47.1 Å². The highest BCUT2D eigenvalue weighted by Crippen LogP contribution is 2.21. The predicted molar refractivity (Wildman–Crippen MR) is 88.0 cm³/mol. The Kier molecular flexibility index (Phi) is 4.83. The number of carboxylic acids is 1. The van der Waals surface area contributed by atoms with E-state index in [0.717, 1.165) is 6.42 Å². The zero-order valence-electron chi connectivity index (χ0n) is 13.5. The maximum atomic E-state index is 12.7. The Morgan fingerprint density at radius 3 is 2.72 bits per heavy atom. The van der Waals surface area contributed by atoms with E-state index >= 15 is 0 Å². The highest BCUT2D eigenvalue weighted by Gasteiger charge is 2.34. The van der Waals surface area contributed by atoms with Crippen LogP contribution in [0, 0.1) is 0 Å². The van der Waals surface area contributed by atoms with Gasteiger partial charge >= 0.3 is 5.97 Å². The third-order valence-corrected chi connectivity index (χ3v) is 4.19. The third kappa shape index (κ3) is 3.71. The van der Waals surface area contributed by atoms with Gasteiger partial charge in [0, 0.05) is 12.1 Å². The summed E-state index contributed by atoms with van der Waals surface area (Å²) in [6.07, 6.45) is 2.83. The molecule has 2 aromatic rings. The summed E-state index contributed by atoms with van der Waals surface area (Å²) in [5.41, 5.74) is 0.314. The number of rotatable bonds is 5. The second kappa shape index (κ2) is 7.21. The predicted octanol–water partition coefficient (Wildman–Crippen LogP) is 1.90. The Labute approximate surface area is 144 Å². The lowest BCUT2D eigenvalue weighted by molar-refractivity contribution is -0.125. The molecule has 1 aromatic heterocycles. The summed E-state index contributed by atoms with van der Waals surface area (Å²) in [6.45, 7) is 0.730. The van der Waals surface area contributed by atoms with Crippen LogP contribution in [0.4, 0.5) is 0 Å². The minimum Gasteiger partial charge on any atom is -0.478 e. The topological polar surface area (TPSA) is 99.9 Å². The molecule has 1 fully saturated rings. The maximum Gasteiger partial charge on any atom is 0.335 e. The van der Waals surface area contributed by atoms with Crippen molar-refractivity contribution in [3.05, 3.63) is 59.5 Å². The van der Waals surface area contributed by atoms with E-state index in [9.17, 15) is 14.4 Å². The van der Waals surface area contributed by atoms with Crippen molar-refractivity contribution >= 4 is 17.8 Å². The summed E-state index contributed by atoms with van der Waals surface area (Å²) in [5.74, 6) is -1.03. The van der Waals surface area contributed by atoms with Crippen LogP contribution >= 0.6 is 0 Å². The second-order valence-electron chi connectivity index (χ2n) is 5.84. The van der Waals surface area contributed by atoms with Gasteiger partial charge in [-0.25, -0.2) is 4.79 Å². The SMILES string of the molecule is O=C(O)c1cccc(C(=O)N2CCCC2C(=O)NCc2ccco2)c1. The van der Waals surface area contributed by atoms with Crippen molar-refractivity contribution in [2.45, 2.75) is 25.4 Å².